The van der Waals surface area contributed by atoms with Crippen LogP contribution in [0.1, 0.15) is 15.9 Å². The molecule has 7 nitrogen and oxygen atoms in total. The lowest BCUT2D eigenvalue weighted by molar-refractivity contribution is -0.118. The van der Waals surface area contributed by atoms with Gasteiger partial charge in [-0.15, -0.1) is 0 Å². The van der Waals surface area contributed by atoms with Crippen LogP contribution < -0.4 is 24.8 Å². The molecule has 0 atom stereocenters. The van der Waals surface area contributed by atoms with Crippen LogP contribution in [0.3, 0.4) is 0 Å². The summed E-state index contributed by atoms with van der Waals surface area (Å²) in [5.74, 6) is 0.973. The third-order valence-electron chi connectivity index (χ3n) is 3.79. The molecule has 130 valence electrons. The van der Waals surface area contributed by atoms with Crippen molar-refractivity contribution in [2.75, 3.05) is 26.1 Å². The predicted octanol–water partition coefficient (Wildman–Crippen LogP) is 1.96. The summed E-state index contributed by atoms with van der Waals surface area (Å²) >= 11 is 0. The Morgan fingerprint density at radius 1 is 1.20 bits per heavy atom. The summed E-state index contributed by atoms with van der Waals surface area (Å²) in [6.07, 6.45) is 0. The maximum absolute atomic E-state index is 12.5. The molecule has 25 heavy (non-hydrogen) atoms. The van der Waals surface area contributed by atoms with E-state index in [9.17, 15) is 9.59 Å². The zero-order valence-electron chi connectivity index (χ0n) is 13.9. The molecule has 0 saturated heterocycles. The fourth-order valence-corrected chi connectivity index (χ4v) is 2.57. The summed E-state index contributed by atoms with van der Waals surface area (Å²) in [4.78, 5) is 23.8. The summed E-state index contributed by atoms with van der Waals surface area (Å²) in [6.45, 7) is 0.284. The lowest BCUT2D eigenvalue weighted by Crippen LogP contribution is -2.26. The highest BCUT2D eigenvalue weighted by Crippen LogP contribution is 2.30. The molecule has 0 radical (unpaired) electrons. The Morgan fingerprint density at radius 2 is 1.92 bits per heavy atom. The Bertz CT molecular complexity index is 797. The van der Waals surface area contributed by atoms with E-state index in [1.54, 1.807) is 30.3 Å². The molecule has 0 fully saturated rings. The number of ether oxygens (including phenoxy) is 3. The highest BCUT2D eigenvalue weighted by molar-refractivity contribution is 5.99. The van der Waals surface area contributed by atoms with E-state index in [4.69, 9.17) is 14.2 Å². The van der Waals surface area contributed by atoms with Crippen LogP contribution in [-0.4, -0.2) is 32.6 Å². The molecule has 2 amide bonds. The molecule has 7 heteroatoms. The Morgan fingerprint density at radius 3 is 2.60 bits per heavy atom. The van der Waals surface area contributed by atoms with E-state index in [2.05, 4.69) is 10.6 Å². The second-order valence-electron chi connectivity index (χ2n) is 5.39. The van der Waals surface area contributed by atoms with E-state index in [0.29, 0.717) is 35.0 Å². The van der Waals surface area contributed by atoms with Crippen molar-refractivity contribution in [2.24, 2.45) is 0 Å². The van der Waals surface area contributed by atoms with Gasteiger partial charge in [0, 0.05) is 6.54 Å². The number of amides is 2. The van der Waals surface area contributed by atoms with Gasteiger partial charge >= 0.3 is 0 Å². The molecule has 0 aliphatic carbocycles. The number of nitrogens with one attached hydrogen (secondary N) is 2. The molecule has 1 aliphatic rings. The topological polar surface area (TPSA) is 85.9 Å². The fourth-order valence-electron chi connectivity index (χ4n) is 2.57. The summed E-state index contributed by atoms with van der Waals surface area (Å²) < 4.78 is 15.9. The highest BCUT2D eigenvalue weighted by Gasteiger charge is 2.19. The normalized spacial score (nSPS) is 12.5. The molecule has 2 aromatic carbocycles. The molecule has 0 bridgehead atoms. The molecule has 1 heterocycles. The Hall–Kier alpha value is -3.22. The van der Waals surface area contributed by atoms with Gasteiger partial charge in [0.05, 0.1) is 19.9 Å². The van der Waals surface area contributed by atoms with Gasteiger partial charge in [-0.2, -0.15) is 0 Å². The predicted molar refractivity (Wildman–Crippen MR) is 91.3 cm³/mol. The smallest absolute Gasteiger partial charge is 0.262 e. The third-order valence-corrected chi connectivity index (χ3v) is 3.79. The molecule has 0 saturated carbocycles. The summed E-state index contributed by atoms with van der Waals surface area (Å²) in [5.41, 5.74) is 1.81. The number of benzene rings is 2. The molecule has 1 aliphatic heterocycles. The molecule has 0 aromatic heterocycles. The zero-order chi connectivity index (χ0) is 17.8. The number of carbonyl (C=O) groups is 2. The van der Waals surface area contributed by atoms with Crippen molar-refractivity contribution in [1.29, 1.82) is 0 Å². The number of anilines is 1. The summed E-state index contributed by atoms with van der Waals surface area (Å²) in [6, 6.07) is 10.5. The van der Waals surface area contributed by atoms with Crippen molar-refractivity contribution in [3.05, 3.63) is 47.5 Å². The molecule has 2 N–H and O–H groups in total. The minimum absolute atomic E-state index is 0.0127. The van der Waals surface area contributed by atoms with Crippen LogP contribution in [0.5, 0.6) is 17.2 Å². The maximum atomic E-state index is 12.5. The average Bonchev–Trinajstić information content (AvgIpc) is 2.65. The minimum atomic E-state index is -0.304. The first-order valence-corrected chi connectivity index (χ1v) is 7.67. The monoisotopic (exact) mass is 342 g/mol. The molecule has 0 unspecified atom stereocenters. The average molecular weight is 342 g/mol. The fraction of sp³-hybridized carbons (Fsp3) is 0.222. The van der Waals surface area contributed by atoms with Crippen LogP contribution >= 0.6 is 0 Å². The van der Waals surface area contributed by atoms with Crippen LogP contribution in [-0.2, 0) is 11.3 Å². The molecule has 0 spiro atoms. The van der Waals surface area contributed by atoms with Crippen LogP contribution in [0, 0.1) is 0 Å². The summed E-state index contributed by atoms with van der Waals surface area (Å²) in [7, 11) is 3.00. The quantitative estimate of drug-likeness (QED) is 0.868. The van der Waals surface area contributed by atoms with Gasteiger partial charge in [0.15, 0.2) is 6.61 Å². The van der Waals surface area contributed by atoms with E-state index in [1.807, 2.05) is 6.07 Å². The molecular formula is C18H18N2O5. The molecule has 2 aromatic rings. The first-order valence-electron chi connectivity index (χ1n) is 7.67. The minimum Gasteiger partial charge on any atom is -0.496 e. The van der Waals surface area contributed by atoms with Gasteiger partial charge in [0.25, 0.3) is 11.8 Å². The summed E-state index contributed by atoms with van der Waals surface area (Å²) in [5, 5.41) is 5.56. The second kappa shape index (κ2) is 7.12. The van der Waals surface area contributed by atoms with Gasteiger partial charge in [-0.1, -0.05) is 12.1 Å². The van der Waals surface area contributed by atoms with Crippen molar-refractivity contribution in [1.82, 2.24) is 5.32 Å². The van der Waals surface area contributed by atoms with Crippen molar-refractivity contribution < 1.29 is 23.8 Å². The van der Waals surface area contributed by atoms with Gasteiger partial charge in [-0.05, 0) is 29.8 Å². The van der Waals surface area contributed by atoms with Crippen molar-refractivity contribution in [3.8, 4) is 17.2 Å². The maximum Gasteiger partial charge on any atom is 0.262 e. The van der Waals surface area contributed by atoms with E-state index in [0.717, 1.165) is 5.56 Å². The van der Waals surface area contributed by atoms with Gasteiger partial charge in [-0.25, -0.2) is 0 Å². The number of fused-ring (bicyclic) bond motifs is 1. The molecular weight excluding hydrogens is 324 g/mol. The van der Waals surface area contributed by atoms with Crippen LogP contribution in [0.25, 0.3) is 0 Å². The largest absolute Gasteiger partial charge is 0.496 e. The number of rotatable bonds is 5. The van der Waals surface area contributed by atoms with Crippen molar-refractivity contribution in [2.45, 2.75) is 6.54 Å². The Kier molecular flexibility index (Phi) is 4.74. The number of carbonyl (C=O) groups excluding carboxylic acids is 2. The van der Waals surface area contributed by atoms with Gasteiger partial charge in [-0.3, -0.25) is 9.59 Å². The Balaban J connectivity index is 1.74. The second-order valence-corrected chi connectivity index (χ2v) is 5.39. The number of methoxy groups -OCH3 is 2. The lowest BCUT2D eigenvalue weighted by Gasteiger charge is -2.18. The van der Waals surface area contributed by atoms with Gasteiger partial charge in [0.2, 0.25) is 0 Å². The first kappa shape index (κ1) is 16.6. The SMILES string of the molecule is COc1cccc(OC)c1C(=O)NCc1ccc2c(c1)OCC(=O)N2. The van der Waals surface area contributed by atoms with Gasteiger partial charge < -0.3 is 24.8 Å². The highest BCUT2D eigenvalue weighted by atomic mass is 16.5. The van der Waals surface area contributed by atoms with Crippen LogP contribution in [0.15, 0.2) is 36.4 Å². The van der Waals surface area contributed by atoms with E-state index in [1.165, 1.54) is 14.2 Å². The third kappa shape index (κ3) is 3.50. The van der Waals surface area contributed by atoms with Crippen molar-refractivity contribution in [3.63, 3.8) is 0 Å². The number of hydrogen-bond donors (Lipinski definition) is 2. The lowest BCUT2D eigenvalue weighted by atomic mass is 10.1. The number of hydrogen-bond acceptors (Lipinski definition) is 5. The van der Waals surface area contributed by atoms with Crippen LogP contribution in [0.4, 0.5) is 5.69 Å². The zero-order valence-corrected chi connectivity index (χ0v) is 13.9. The van der Waals surface area contributed by atoms with Gasteiger partial charge in [0.1, 0.15) is 22.8 Å². The van der Waals surface area contributed by atoms with E-state index >= 15 is 0 Å². The standard InChI is InChI=1S/C18H18N2O5/c1-23-13-4-3-5-14(24-2)17(13)18(22)19-9-11-6-7-12-15(8-11)25-10-16(21)20-12/h3-8H,9-10H2,1-2H3,(H,19,22)(H,20,21). The first-order chi connectivity index (χ1) is 12.1. The van der Waals surface area contributed by atoms with Crippen molar-refractivity contribution >= 4 is 17.5 Å². The van der Waals surface area contributed by atoms with Crippen LogP contribution in [0.2, 0.25) is 0 Å². The molecule has 3 rings (SSSR count). The van der Waals surface area contributed by atoms with E-state index < -0.39 is 0 Å². The van der Waals surface area contributed by atoms with E-state index in [-0.39, 0.29) is 18.4 Å². The Labute approximate surface area is 144 Å².